The summed E-state index contributed by atoms with van der Waals surface area (Å²) in [6.07, 6.45) is 5.14. The van der Waals surface area contributed by atoms with E-state index in [0.717, 1.165) is 31.1 Å². The maximum atomic E-state index is 13.4. The second-order valence-corrected chi connectivity index (χ2v) is 15.0. The number of benzene rings is 1. The Balaban J connectivity index is 1.19. The van der Waals surface area contributed by atoms with E-state index < -0.39 is 18.8 Å². The average Bonchev–Trinajstić information content (AvgIpc) is 3.57. The van der Waals surface area contributed by atoms with Crippen molar-refractivity contribution in [3.8, 4) is 0 Å². The summed E-state index contributed by atoms with van der Waals surface area (Å²) < 4.78 is 38.9. The first-order valence-electron chi connectivity index (χ1n) is 14.2. The lowest BCUT2D eigenvalue weighted by molar-refractivity contribution is -0.0210. The zero-order valence-corrected chi connectivity index (χ0v) is 26.4. The predicted octanol–water partition coefficient (Wildman–Crippen LogP) is 6.92. The van der Waals surface area contributed by atoms with Crippen LogP contribution in [-0.4, -0.2) is 56.1 Å². The highest BCUT2D eigenvalue weighted by atomic mass is 35.5. The maximum absolute atomic E-state index is 13.4. The van der Waals surface area contributed by atoms with Crippen molar-refractivity contribution in [1.82, 2.24) is 19.7 Å². The summed E-state index contributed by atoms with van der Waals surface area (Å²) >= 11 is 6.36. The van der Waals surface area contributed by atoms with Crippen molar-refractivity contribution in [2.75, 3.05) is 18.3 Å². The van der Waals surface area contributed by atoms with Crippen LogP contribution in [0.3, 0.4) is 0 Å². The molecule has 1 saturated heterocycles. The highest BCUT2D eigenvalue weighted by molar-refractivity contribution is 7.53. The summed E-state index contributed by atoms with van der Waals surface area (Å²) in [7, 11) is -3.47. The van der Waals surface area contributed by atoms with Gasteiger partial charge in [0.15, 0.2) is 5.65 Å². The van der Waals surface area contributed by atoms with Crippen molar-refractivity contribution in [3.63, 3.8) is 0 Å². The monoisotopic (exact) mass is 605 g/mol. The van der Waals surface area contributed by atoms with Gasteiger partial charge in [-0.05, 0) is 90.0 Å². The van der Waals surface area contributed by atoms with E-state index in [2.05, 4.69) is 44.6 Å². The molecule has 3 heterocycles. The van der Waals surface area contributed by atoms with Gasteiger partial charge in [-0.1, -0.05) is 24.3 Å². The first-order valence-corrected chi connectivity index (χ1v) is 16.3. The van der Waals surface area contributed by atoms with E-state index in [1.807, 2.05) is 46.2 Å². The molecule has 1 fully saturated rings. The third-order valence-corrected chi connectivity index (χ3v) is 9.18. The summed E-state index contributed by atoms with van der Waals surface area (Å²) in [6, 6.07) is 8.65. The number of nitrogens with one attached hydrogen (secondary N) is 1. The first-order chi connectivity index (χ1) is 19.3. The number of aryl methyl sites for hydroxylation is 1. The zero-order valence-electron chi connectivity index (χ0n) is 24.7. The van der Waals surface area contributed by atoms with Gasteiger partial charge in [0.25, 0.3) is 0 Å². The SMILES string of the molecule is CC(C)(C)OP(=O)(COC[C@@H]1CC[C@@H](Cn2ncc3c(N[C@@H]4CCc5ccccc54)nc(Cl)nc32)O1)OC(C)(C)C. The van der Waals surface area contributed by atoms with Crippen LogP contribution in [0.2, 0.25) is 5.28 Å². The number of fused-ring (bicyclic) bond motifs is 2. The minimum absolute atomic E-state index is 0.0676. The van der Waals surface area contributed by atoms with E-state index in [1.165, 1.54) is 11.1 Å². The molecular weight excluding hydrogens is 565 g/mol. The lowest BCUT2D eigenvalue weighted by Gasteiger charge is -2.32. The van der Waals surface area contributed by atoms with Gasteiger partial charge in [-0.15, -0.1) is 0 Å². The lowest BCUT2D eigenvalue weighted by atomic mass is 10.1. The minimum atomic E-state index is -3.47. The van der Waals surface area contributed by atoms with Crippen LogP contribution in [0.1, 0.15) is 78.0 Å². The fourth-order valence-corrected chi connectivity index (χ4v) is 7.78. The van der Waals surface area contributed by atoms with E-state index in [1.54, 1.807) is 6.20 Å². The van der Waals surface area contributed by atoms with Gasteiger partial charge >= 0.3 is 7.60 Å². The molecule has 1 aromatic carbocycles. The van der Waals surface area contributed by atoms with Crippen LogP contribution in [0.5, 0.6) is 0 Å². The Morgan fingerprint density at radius 3 is 2.49 bits per heavy atom. The molecule has 0 amide bonds. The summed E-state index contributed by atoms with van der Waals surface area (Å²) in [5, 5.41) is 9.18. The lowest BCUT2D eigenvalue weighted by Crippen LogP contribution is -2.26. The summed E-state index contributed by atoms with van der Waals surface area (Å²) in [4.78, 5) is 8.98. The smallest absolute Gasteiger partial charge is 0.357 e. The van der Waals surface area contributed by atoms with Crippen LogP contribution in [0.15, 0.2) is 30.5 Å². The third kappa shape index (κ3) is 7.86. The molecule has 3 atom stereocenters. The second kappa shape index (κ2) is 11.9. The van der Waals surface area contributed by atoms with Crippen LogP contribution in [-0.2, 0) is 36.1 Å². The zero-order chi connectivity index (χ0) is 29.4. The van der Waals surface area contributed by atoms with Gasteiger partial charge in [0.2, 0.25) is 5.28 Å². The number of aromatic nitrogens is 4. The number of ether oxygens (including phenoxy) is 2. The van der Waals surface area contributed by atoms with Crippen LogP contribution < -0.4 is 5.32 Å². The average molecular weight is 606 g/mol. The van der Waals surface area contributed by atoms with Gasteiger partial charge in [-0.2, -0.15) is 15.1 Å². The van der Waals surface area contributed by atoms with Crippen molar-refractivity contribution >= 4 is 36.0 Å². The molecule has 0 bridgehead atoms. The molecule has 1 aliphatic carbocycles. The third-order valence-electron chi connectivity index (χ3n) is 6.86. The molecule has 0 saturated carbocycles. The normalized spacial score (nSPS) is 21.5. The number of rotatable bonds is 10. The van der Waals surface area contributed by atoms with Crippen molar-refractivity contribution < 1.29 is 23.1 Å². The molecule has 0 spiro atoms. The number of hydrogen-bond acceptors (Lipinski definition) is 9. The highest BCUT2D eigenvalue weighted by Crippen LogP contribution is 2.54. The quantitative estimate of drug-likeness (QED) is 0.194. The molecule has 2 aromatic heterocycles. The van der Waals surface area contributed by atoms with Gasteiger partial charge in [-0.3, -0.25) is 4.57 Å². The van der Waals surface area contributed by atoms with Gasteiger partial charge in [-0.25, -0.2) is 4.68 Å². The minimum Gasteiger partial charge on any atom is -0.371 e. The highest BCUT2D eigenvalue weighted by Gasteiger charge is 2.36. The number of anilines is 1. The van der Waals surface area contributed by atoms with Crippen molar-refractivity contribution in [2.45, 2.75) is 103 Å². The van der Waals surface area contributed by atoms with Crippen molar-refractivity contribution in [2.24, 2.45) is 0 Å². The predicted molar refractivity (Wildman–Crippen MR) is 159 cm³/mol. The summed E-state index contributed by atoms with van der Waals surface area (Å²) in [6.45, 7) is 11.9. The van der Waals surface area contributed by atoms with E-state index >= 15 is 0 Å². The molecule has 5 rings (SSSR count). The molecule has 2 aliphatic rings. The fraction of sp³-hybridized carbons (Fsp3) is 0.621. The number of hydrogen-bond donors (Lipinski definition) is 1. The number of nitrogens with zero attached hydrogens (tertiary/aromatic N) is 4. The van der Waals surface area contributed by atoms with Crippen molar-refractivity contribution in [3.05, 3.63) is 46.9 Å². The molecule has 10 nitrogen and oxygen atoms in total. The summed E-state index contributed by atoms with van der Waals surface area (Å²) in [5.41, 5.74) is 2.06. The van der Waals surface area contributed by atoms with Crippen LogP contribution in [0.25, 0.3) is 11.0 Å². The Labute approximate surface area is 247 Å². The Morgan fingerprint density at radius 2 is 1.76 bits per heavy atom. The van der Waals surface area contributed by atoms with Gasteiger partial charge in [0.1, 0.15) is 12.2 Å². The Morgan fingerprint density at radius 1 is 1.05 bits per heavy atom. The van der Waals surface area contributed by atoms with Gasteiger partial charge < -0.3 is 23.8 Å². The second-order valence-electron chi connectivity index (χ2n) is 12.8. The van der Waals surface area contributed by atoms with Crippen LogP contribution in [0.4, 0.5) is 5.82 Å². The van der Waals surface area contributed by atoms with Crippen molar-refractivity contribution in [1.29, 1.82) is 0 Å². The molecular formula is C29H41ClN5O5P. The first kappa shape index (κ1) is 30.4. The van der Waals surface area contributed by atoms with E-state index in [9.17, 15) is 4.57 Å². The topological polar surface area (TPSA) is 110 Å². The van der Waals surface area contributed by atoms with Gasteiger partial charge in [0.05, 0.1) is 54.2 Å². The van der Waals surface area contributed by atoms with E-state index in [4.69, 9.17) is 30.1 Å². The van der Waals surface area contributed by atoms with Crippen LogP contribution >= 0.6 is 19.2 Å². The Hall–Kier alpha value is -2.07. The molecule has 0 radical (unpaired) electrons. The molecule has 41 heavy (non-hydrogen) atoms. The van der Waals surface area contributed by atoms with E-state index in [0.29, 0.717) is 24.6 Å². The maximum Gasteiger partial charge on any atom is 0.357 e. The molecule has 224 valence electrons. The summed E-state index contributed by atoms with van der Waals surface area (Å²) in [5.74, 6) is 0.686. The Bertz CT molecular complexity index is 1400. The fourth-order valence-electron chi connectivity index (χ4n) is 5.48. The molecule has 3 aromatic rings. The molecule has 1 aliphatic heterocycles. The standard InChI is InChI=1S/C29H41ClN5O5P/c1-28(2,3)39-41(36,40-29(4,5)6)18-37-17-21-13-12-20(38-21)16-35-26-23(15-31-35)25(33-27(30)34-26)32-24-14-11-19-9-7-8-10-22(19)24/h7-10,15,20-21,24H,11-14,16-18H2,1-6H3,(H,32,33,34)/t20-,21-,24+/m0/s1. The van der Waals surface area contributed by atoms with Gasteiger partial charge in [0, 0.05) is 0 Å². The van der Waals surface area contributed by atoms with Crippen LogP contribution in [0, 0.1) is 0 Å². The molecule has 1 N–H and O–H groups in total. The largest absolute Gasteiger partial charge is 0.371 e. The number of halogens is 1. The molecule has 12 heteroatoms. The Kier molecular flexibility index (Phi) is 8.82. The van der Waals surface area contributed by atoms with E-state index in [-0.39, 0.29) is 29.9 Å². The molecule has 0 unspecified atom stereocenters.